The van der Waals surface area contributed by atoms with Gasteiger partial charge in [0, 0.05) is 19.6 Å². The summed E-state index contributed by atoms with van der Waals surface area (Å²) in [6.07, 6.45) is 1.42. The van der Waals surface area contributed by atoms with E-state index in [1.54, 1.807) is 6.07 Å². The first-order valence-corrected chi connectivity index (χ1v) is 8.48. The van der Waals surface area contributed by atoms with E-state index in [-0.39, 0.29) is 18.4 Å². The highest BCUT2D eigenvalue weighted by molar-refractivity contribution is 5.82. The van der Waals surface area contributed by atoms with E-state index >= 15 is 0 Å². The maximum Gasteiger partial charge on any atom is 0.257 e. The molecule has 0 radical (unpaired) electrons. The Bertz CT molecular complexity index is 534. The molecule has 1 aromatic carbocycles. The van der Waals surface area contributed by atoms with Gasteiger partial charge in [-0.3, -0.25) is 9.59 Å². The van der Waals surface area contributed by atoms with Crippen molar-refractivity contribution in [3.05, 3.63) is 29.8 Å². The molecule has 4 N–H and O–H groups in total. The van der Waals surface area contributed by atoms with Gasteiger partial charge in [-0.15, -0.1) is 0 Å². The third kappa shape index (κ3) is 5.53. The highest BCUT2D eigenvalue weighted by Gasteiger charge is 2.32. The first-order valence-electron chi connectivity index (χ1n) is 8.48. The zero-order valence-corrected chi connectivity index (χ0v) is 14.9. The van der Waals surface area contributed by atoms with Crippen molar-refractivity contribution in [3.63, 3.8) is 0 Å². The Kier molecular flexibility index (Phi) is 8.26. The summed E-state index contributed by atoms with van der Waals surface area (Å²) in [5, 5.41) is 5.62. The minimum Gasteiger partial charge on any atom is -0.484 e. The molecule has 1 aromatic rings. The number of likely N-dealkylation sites (N-methyl/N-ethyl adjacent to an activating group) is 1. The second kappa shape index (κ2) is 9.93. The first kappa shape index (κ1) is 20.0. The van der Waals surface area contributed by atoms with E-state index in [0.29, 0.717) is 38.2 Å². The molecule has 0 unspecified atom stereocenters. The molecule has 6 heteroatoms. The normalized spacial score (nSPS) is 11.0. The molecule has 134 valence electrons. The van der Waals surface area contributed by atoms with Crippen molar-refractivity contribution in [3.8, 4) is 5.75 Å². The van der Waals surface area contributed by atoms with Crippen LogP contribution in [0.25, 0.3) is 0 Å². The molecule has 24 heavy (non-hydrogen) atoms. The molecule has 0 aliphatic carbocycles. The molecular formula is C18H29N3O3. The van der Waals surface area contributed by atoms with Crippen molar-refractivity contribution >= 4 is 11.8 Å². The number of nitrogens with two attached hydrogens (primary N) is 1. The molecule has 0 saturated heterocycles. The van der Waals surface area contributed by atoms with Crippen LogP contribution < -0.4 is 21.1 Å². The molecule has 0 aliphatic heterocycles. The lowest BCUT2D eigenvalue weighted by Gasteiger charge is -2.28. The Morgan fingerprint density at radius 1 is 1.17 bits per heavy atom. The number of hydrogen-bond donors (Lipinski definition) is 3. The summed E-state index contributed by atoms with van der Waals surface area (Å²) in [7, 11) is 0. The number of nitrogens with one attached hydrogen (secondary N) is 2. The van der Waals surface area contributed by atoms with Gasteiger partial charge < -0.3 is 21.1 Å². The largest absolute Gasteiger partial charge is 0.484 e. The van der Waals surface area contributed by atoms with Crippen molar-refractivity contribution in [2.24, 2.45) is 11.1 Å². The third-order valence-corrected chi connectivity index (χ3v) is 4.32. The van der Waals surface area contributed by atoms with E-state index < -0.39 is 5.41 Å². The van der Waals surface area contributed by atoms with Gasteiger partial charge in [0.05, 0.1) is 5.41 Å². The molecule has 6 nitrogen and oxygen atoms in total. The van der Waals surface area contributed by atoms with Crippen LogP contribution in [0.2, 0.25) is 0 Å². The quantitative estimate of drug-likeness (QED) is 0.605. The predicted octanol–water partition coefficient (Wildman–Crippen LogP) is 1.58. The molecule has 1 rings (SSSR count). The number of rotatable bonds is 10. The maximum atomic E-state index is 12.4. The molecule has 0 atom stereocenters. The summed E-state index contributed by atoms with van der Waals surface area (Å²) in [5.74, 6) is 0.419. The summed E-state index contributed by atoms with van der Waals surface area (Å²) < 4.78 is 5.45. The van der Waals surface area contributed by atoms with Gasteiger partial charge >= 0.3 is 0 Å². The Morgan fingerprint density at radius 3 is 2.46 bits per heavy atom. The Morgan fingerprint density at radius 2 is 1.88 bits per heavy atom. The van der Waals surface area contributed by atoms with Crippen LogP contribution in [0.15, 0.2) is 24.3 Å². The molecule has 0 aromatic heterocycles. The van der Waals surface area contributed by atoms with E-state index in [4.69, 9.17) is 10.5 Å². The average molecular weight is 335 g/mol. The predicted molar refractivity (Wildman–Crippen MR) is 94.5 cm³/mol. The summed E-state index contributed by atoms with van der Waals surface area (Å²) in [6, 6.07) is 7.35. The van der Waals surface area contributed by atoms with Gasteiger partial charge in [-0.1, -0.05) is 26.0 Å². The van der Waals surface area contributed by atoms with Crippen LogP contribution >= 0.6 is 0 Å². The van der Waals surface area contributed by atoms with Crippen LogP contribution in [0, 0.1) is 5.41 Å². The second-order valence-corrected chi connectivity index (χ2v) is 5.76. The van der Waals surface area contributed by atoms with Crippen LogP contribution in [-0.2, 0) is 16.1 Å². The number of carbonyl (C=O) groups is 2. The average Bonchev–Trinajstić information content (AvgIpc) is 2.61. The lowest BCUT2D eigenvalue weighted by atomic mass is 9.81. The lowest BCUT2D eigenvalue weighted by molar-refractivity contribution is -0.131. The van der Waals surface area contributed by atoms with E-state index in [1.807, 2.05) is 39.0 Å². The number of ether oxygens (including phenoxy) is 1. The second-order valence-electron chi connectivity index (χ2n) is 5.76. The lowest BCUT2D eigenvalue weighted by Crippen LogP contribution is -2.45. The van der Waals surface area contributed by atoms with Crippen LogP contribution in [-0.4, -0.2) is 31.5 Å². The van der Waals surface area contributed by atoms with Crippen LogP contribution in [0.5, 0.6) is 5.75 Å². The number of benzene rings is 1. The Balaban J connectivity index is 2.61. The number of amides is 2. The zero-order chi connectivity index (χ0) is 18.0. The SMILES string of the molecule is CCNC(=O)COc1cccc(CNC(=O)C(CC)(CC)CN)c1. The standard InChI is InChI=1S/C18H29N3O3/c1-4-18(5-2,13-19)17(23)21-11-14-8-7-9-15(10-14)24-12-16(22)20-6-3/h7-10H,4-6,11-13,19H2,1-3H3,(H,20,22)(H,21,23). The van der Waals surface area contributed by atoms with E-state index in [1.165, 1.54) is 0 Å². The fourth-order valence-corrected chi connectivity index (χ4v) is 2.46. The molecule has 0 spiro atoms. The zero-order valence-electron chi connectivity index (χ0n) is 14.9. The Labute approximate surface area is 144 Å². The van der Waals surface area contributed by atoms with Crippen LogP contribution in [0.4, 0.5) is 0 Å². The minimum absolute atomic E-state index is 0.0222. The van der Waals surface area contributed by atoms with Crippen LogP contribution in [0.1, 0.15) is 39.2 Å². The van der Waals surface area contributed by atoms with Gasteiger partial charge in [-0.05, 0) is 37.5 Å². The van der Waals surface area contributed by atoms with Crippen molar-refractivity contribution in [1.29, 1.82) is 0 Å². The van der Waals surface area contributed by atoms with Gasteiger partial charge in [0.2, 0.25) is 5.91 Å². The topological polar surface area (TPSA) is 93.5 Å². The molecule has 0 saturated carbocycles. The van der Waals surface area contributed by atoms with E-state index in [9.17, 15) is 9.59 Å². The molecule has 0 aliphatic rings. The molecule has 2 amide bonds. The van der Waals surface area contributed by atoms with Crippen molar-refractivity contribution in [2.75, 3.05) is 19.7 Å². The van der Waals surface area contributed by atoms with Crippen molar-refractivity contribution in [1.82, 2.24) is 10.6 Å². The molecule has 0 bridgehead atoms. The highest BCUT2D eigenvalue weighted by Crippen LogP contribution is 2.25. The van der Waals surface area contributed by atoms with Gasteiger partial charge in [-0.2, -0.15) is 0 Å². The summed E-state index contributed by atoms with van der Waals surface area (Å²) >= 11 is 0. The summed E-state index contributed by atoms with van der Waals surface area (Å²) in [6.45, 7) is 7.10. The van der Waals surface area contributed by atoms with Crippen molar-refractivity contribution < 1.29 is 14.3 Å². The fourth-order valence-electron chi connectivity index (χ4n) is 2.46. The third-order valence-electron chi connectivity index (χ3n) is 4.32. The highest BCUT2D eigenvalue weighted by atomic mass is 16.5. The monoisotopic (exact) mass is 335 g/mol. The van der Waals surface area contributed by atoms with Gasteiger partial charge in [0.1, 0.15) is 5.75 Å². The van der Waals surface area contributed by atoms with E-state index in [2.05, 4.69) is 10.6 Å². The molecular weight excluding hydrogens is 306 g/mol. The van der Waals surface area contributed by atoms with E-state index in [0.717, 1.165) is 5.56 Å². The molecule has 0 fully saturated rings. The fraction of sp³-hybridized carbons (Fsp3) is 0.556. The Hall–Kier alpha value is -2.08. The summed E-state index contributed by atoms with van der Waals surface area (Å²) in [4.78, 5) is 23.8. The van der Waals surface area contributed by atoms with Crippen molar-refractivity contribution in [2.45, 2.75) is 40.2 Å². The smallest absolute Gasteiger partial charge is 0.257 e. The molecule has 0 heterocycles. The first-order chi connectivity index (χ1) is 11.5. The van der Waals surface area contributed by atoms with Gasteiger partial charge in [0.25, 0.3) is 5.91 Å². The number of carbonyl (C=O) groups excluding carboxylic acids is 2. The van der Waals surface area contributed by atoms with Gasteiger partial charge in [0.15, 0.2) is 6.61 Å². The maximum absolute atomic E-state index is 12.4. The summed E-state index contributed by atoms with van der Waals surface area (Å²) in [5.41, 5.74) is 6.20. The minimum atomic E-state index is -0.508. The van der Waals surface area contributed by atoms with Gasteiger partial charge in [-0.25, -0.2) is 0 Å². The van der Waals surface area contributed by atoms with Crippen LogP contribution in [0.3, 0.4) is 0 Å². The number of hydrogen-bond acceptors (Lipinski definition) is 4.